The fraction of sp³-hybridized carbons (Fsp3) is 0.867. The number of aliphatic hydroxyl groups excluding tert-OH is 1. The second-order valence-corrected chi connectivity index (χ2v) is 6.35. The molecule has 2 unspecified atom stereocenters. The van der Waals surface area contributed by atoms with Gasteiger partial charge in [0.25, 0.3) is 0 Å². The molecule has 0 bridgehead atoms. The van der Waals surface area contributed by atoms with Crippen molar-refractivity contribution in [3.05, 3.63) is 11.6 Å². The zero-order valence-corrected chi connectivity index (χ0v) is 12.5. The molecule has 0 aromatic carbocycles. The van der Waals surface area contributed by atoms with Gasteiger partial charge in [-0.25, -0.2) is 0 Å². The number of piperidine rings is 1. The first-order chi connectivity index (χ1) is 9.74. The average Bonchev–Trinajstić information content (AvgIpc) is 2.84. The third-order valence-electron chi connectivity index (χ3n) is 4.64. The normalized spacial score (nSPS) is 25.4. The highest BCUT2D eigenvalue weighted by molar-refractivity contribution is 4.99. The van der Waals surface area contributed by atoms with Gasteiger partial charge < -0.3 is 9.67 Å². The summed E-state index contributed by atoms with van der Waals surface area (Å²) in [6.07, 6.45) is 7.97. The van der Waals surface area contributed by atoms with E-state index in [0.29, 0.717) is 6.04 Å². The fourth-order valence-electron chi connectivity index (χ4n) is 3.60. The highest BCUT2D eigenvalue weighted by Crippen LogP contribution is 2.24. The van der Waals surface area contributed by atoms with Crippen molar-refractivity contribution in [3.8, 4) is 0 Å². The maximum atomic E-state index is 9.68. The van der Waals surface area contributed by atoms with Crippen LogP contribution in [0, 0.1) is 0 Å². The van der Waals surface area contributed by atoms with Crippen LogP contribution in [-0.4, -0.2) is 43.5 Å². The largest absolute Gasteiger partial charge is 0.393 e. The monoisotopic (exact) mass is 278 g/mol. The lowest BCUT2D eigenvalue weighted by Crippen LogP contribution is -2.41. The van der Waals surface area contributed by atoms with Crippen LogP contribution in [0.4, 0.5) is 0 Å². The van der Waals surface area contributed by atoms with Crippen molar-refractivity contribution < 1.29 is 5.11 Å². The minimum Gasteiger partial charge on any atom is -0.393 e. The summed E-state index contributed by atoms with van der Waals surface area (Å²) in [6.45, 7) is 4.99. The van der Waals surface area contributed by atoms with Gasteiger partial charge in [0.15, 0.2) is 0 Å². The van der Waals surface area contributed by atoms with Crippen LogP contribution in [0.15, 0.2) is 0 Å². The first-order valence-electron chi connectivity index (χ1n) is 8.07. The van der Waals surface area contributed by atoms with Gasteiger partial charge in [-0.05, 0) is 45.6 Å². The van der Waals surface area contributed by atoms with Crippen molar-refractivity contribution in [1.29, 1.82) is 0 Å². The van der Waals surface area contributed by atoms with E-state index >= 15 is 0 Å². The van der Waals surface area contributed by atoms with Gasteiger partial charge in [0.2, 0.25) is 0 Å². The molecule has 1 fully saturated rings. The predicted molar refractivity (Wildman–Crippen MR) is 77.3 cm³/mol. The van der Waals surface area contributed by atoms with Gasteiger partial charge >= 0.3 is 0 Å². The Morgan fingerprint density at radius 2 is 2.05 bits per heavy atom. The van der Waals surface area contributed by atoms with E-state index < -0.39 is 0 Å². The summed E-state index contributed by atoms with van der Waals surface area (Å²) in [6, 6.07) is 0.500. The standard InChI is InChI=1S/C15H26N4O/c1-12(20)10-13-6-2-4-8-18(13)11-15-17-16-14-7-3-5-9-19(14)15/h12-13,20H,2-11H2,1H3. The highest BCUT2D eigenvalue weighted by atomic mass is 16.3. The van der Waals surface area contributed by atoms with E-state index in [4.69, 9.17) is 0 Å². The van der Waals surface area contributed by atoms with E-state index in [9.17, 15) is 5.11 Å². The van der Waals surface area contributed by atoms with Crippen LogP contribution >= 0.6 is 0 Å². The topological polar surface area (TPSA) is 54.2 Å². The van der Waals surface area contributed by atoms with E-state index in [-0.39, 0.29) is 6.10 Å². The molecule has 1 aromatic rings. The van der Waals surface area contributed by atoms with Crippen molar-refractivity contribution in [2.75, 3.05) is 6.54 Å². The smallest absolute Gasteiger partial charge is 0.147 e. The Hall–Kier alpha value is -0.940. The summed E-state index contributed by atoms with van der Waals surface area (Å²) in [5, 5.41) is 18.4. The summed E-state index contributed by atoms with van der Waals surface area (Å²) in [7, 11) is 0. The van der Waals surface area contributed by atoms with E-state index in [2.05, 4.69) is 19.7 Å². The van der Waals surface area contributed by atoms with Gasteiger partial charge in [-0.15, -0.1) is 10.2 Å². The van der Waals surface area contributed by atoms with Gasteiger partial charge in [-0.2, -0.15) is 0 Å². The molecule has 3 rings (SSSR count). The Morgan fingerprint density at radius 3 is 2.90 bits per heavy atom. The van der Waals surface area contributed by atoms with Crippen molar-refractivity contribution in [3.63, 3.8) is 0 Å². The molecule has 0 spiro atoms. The molecular weight excluding hydrogens is 252 g/mol. The third-order valence-corrected chi connectivity index (χ3v) is 4.64. The molecule has 3 heterocycles. The lowest BCUT2D eigenvalue weighted by Gasteiger charge is -2.36. The quantitative estimate of drug-likeness (QED) is 0.911. The van der Waals surface area contributed by atoms with E-state index in [1.807, 2.05) is 6.92 Å². The van der Waals surface area contributed by atoms with Crippen molar-refractivity contribution >= 4 is 0 Å². The Labute approximate surface area is 121 Å². The van der Waals surface area contributed by atoms with E-state index in [1.165, 1.54) is 32.1 Å². The predicted octanol–water partition coefficient (Wildman–Crippen LogP) is 1.74. The van der Waals surface area contributed by atoms with Crippen molar-refractivity contribution in [2.24, 2.45) is 0 Å². The number of hydrogen-bond acceptors (Lipinski definition) is 4. The summed E-state index contributed by atoms with van der Waals surface area (Å²) in [5.74, 6) is 2.28. The Kier molecular flexibility index (Phi) is 4.36. The number of aromatic nitrogens is 3. The molecule has 112 valence electrons. The molecule has 2 aliphatic rings. The molecule has 5 nitrogen and oxygen atoms in total. The number of aryl methyl sites for hydroxylation is 1. The van der Waals surface area contributed by atoms with Crippen molar-refractivity contribution in [2.45, 2.75) is 77.1 Å². The molecule has 2 atom stereocenters. The number of aliphatic hydroxyl groups is 1. The summed E-state index contributed by atoms with van der Waals surface area (Å²) >= 11 is 0. The number of likely N-dealkylation sites (tertiary alicyclic amines) is 1. The highest BCUT2D eigenvalue weighted by Gasteiger charge is 2.26. The summed E-state index contributed by atoms with van der Waals surface area (Å²) in [4.78, 5) is 2.50. The molecule has 1 aromatic heterocycles. The first-order valence-corrected chi connectivity index (χ1v) is 8.07. The average molecular weight is 278 g/mol. The Morgan fingerprint density at radius 1 is 1.20 bits per heavy atom. The van der Waals surface area contributed by atoms with Crippen LogP contribution in [0.2, 0.25) is 0 Å². The third kappa shape index (κ3) is 3.04. The molecule has 20 heavy (non-hydrogen) atoms. The second kappa shape index (κ2) is 6.22. The van der Waals surface area contributed by atoms with E-state index in [0.717, 1.165) is 44.1 Å². The number of rotatable bonds is 4. The molecule has 1 saturated heterocycles. The van der Waals surface area contributed by atoms with Gasteiger partial charge in [-0.1, -0.05) is 6.42 Å². The van der Waals surface area contributed by atoms with Gasteiger partial charge in [-0.3, -0.25) is 4.90 Å². The molecule has 0 aliphatic carbocycles. The second-order valence-electron chi connectivity index (χ2n) is 6.35. The molecular formula is C15H26N4O. The SMILES string of the molecule is CC(O)CC1CCCCN1Cc1nnc2n1CCCC2. The zero-order valence-electron chi connectivity index (χ0n) is 12.5. The molecule has 0 radical (unpaired) electrons. The van der Waals surface area contributed by atoms with Crippen LogP contribution in [0.3, 0.4) is 0 Å². The maximum Gasteiger partial charge on any atom is 0.147 e. The lowest BCUT2D eigenvalue weighted by molar-refractivity contribution is 0.0789. The van der Waals surface area contributed by atoms with Crippen LogP contribution in [0.5, 0.6) is 0 Å². The molecule has 0 amide bonds. The molecule has 5 heteroatoms. The molecule has 0 saturated carbocycles. The fourth-order valence-corrected chi connectivity index (χ4v) is 3.60. The minimum absolute atomic E-state index is 0.215. The number of fused-ring (bicyclic) bond motifs is 1. The van der Waals surface area contributed by atoms with E-state index in [1.54, 1.807) is 0 Å². The maximum absolute atomic E-state index is 9.68. The minimum atomic E-state index is -0.215. The van der Waals surface area contributed by atoms with Crippen LogP contribution in [-0.2, 0) is 19.5 Å². The van der Waals surface area contributed by atoms with Gasteiger partial charge in [0.05, 0.1) is 12.6 Å². The van der Waals surface area contributed by atoms with Gasteiger partial charge in [0, 0.05) is 19.0 Å². The van der Waals surface area contributed by atoms with Crippen LogP contribution in [0.1, 0.15) is 57.1 Å². The number of nitrogens with zero attached hydrogens (tertiary/aromatic N) is 4. The summed E-state index contributed by atoms with van der Waals surface area (Å²) in [5.41, 5.74) is 0. The van der Waals surface area contributed by atoms with Crippen LogP contribution in [0.25, 0.3) is 0 Å². The molecule has 2 aliphatic heterocycles. The molecule has 1 N–H and O–H groups in total. The Bertz CT molecular complexity index is 443. The van der Waals surface area contributed by atoms with Crippen LogP contribution < -0.4 is 0 Å². The Balaban J connectivity index is 1.70. The zero-order chi connectivity index (χ0) is 13.9. The lowest BCUT2D eigenvalue weighted by atomic mass is 9.97. The summed E-state index contributed by atoms with van der Waals surface area (Å²) < 4.78 is 2.32. The number of hydrogen-bond donors (Lipinski definition) is 1. The van der Waals surface area contributed by atoms with Crippen molar-refractivity contribution in [1.82, 2.24) is 19.7 Å². The van der Waals surface area contributed by atoms with Gasteiger partial charge in [0.1, 0.15) is 11.6 Å². The first kappa shape index (κ1) is 14.0.